The number of fused-ring (bicyclic) bond motifs is 1. The highest BCUT2D eigenvalue weighted by molar-refractivity contribution is 7.89. The summed E-state index contributed by atoms with van der Waals surface area (Å²) in [6.45, 7) is 3.24. The molecule has 2 aromatic rings. The van der Waals surface area contributed by atoms with Crippen molar-refractivity contribution in [1.29, 1.82) is 0 Å². The number of nitrogens with zero attached hydrogens (tertiary/aromatic N) is 3. The van der Waals surface area contributed by atoms with Crippen LogP contribution in [0.4, 0.5) is 0 Å². The van der Waals surface area contributed by atoms with Crippen molar-refractivity contribution in [2.45, 2.75) is 44.2 Å². The highest BCUT2D eigenvalue weighted by Gasteiger charge is 2.28. The zero-order chi connectivity index (χ0) is 18.2. The van der Waals surface area contributed by atoms with Crippen LogP contribution < -0.4 is 5.32 Å². The van der Waals surface area contributed by atoms with Crippen molar-refractivity contribution in [2.24, 2.45) is 0 Å². The summed E-state index contributed by atoms with van der Waals surface area (Å²) in [7, 11) is -2.21. The lowest BCUT2D eigenvalue weighted by atomic mass is 10.1. The first-order chi connectivity index (χ1) is 11.8. The normalized spacial score (nSPS) is 16.9. The van der Waals surface area contributed by atoms with Crippen molar-refractivity contribution >= 4 is 15.9 Å². The molecule has 8 nitrogen and oxygen atoms in total. The fraction of sp³-hybridized carbons (Fsp3) is 0.438. The van der Waals surface area contributed by atoms with Crippen molar-refractivity contribution in [1.82, 2.24) is 19.9 Å². The molecule has 1 aliphatic rings. The van der Waals surface area contributed by atoms with E-state index in [-0.39, 0.29) is 23.4 Å². The lowest BCUT2D eigenvalue weighted by Gasteiger charge is -2.18. The molecule has 9 heteroatoms. The zero-order valence-electron chi connectivity index (χ0n) is 14.3. The molecule has 1 unspecified atom stereocenters. The third-order valence-electron chi connectivity index (χ3n) is 4.40. The summed E-state index contributed by atoms with van der Waals surface area (Å²) in [6, 6.07) is 4.94. The molecule has 3 rings (SSSR count). The molecule has 1 amide bonds. The van der Waals surface area contributed by atoms with E-state index in [4.69, 9.17) is 0 Å². The van der Waals surface area contributed by atoms with Crippen LogP contribution in [-0.4, -0.2) is 36.0 Å². The summed E-state index contributed by atoms with van der Waals surface area (Å²) >= 11 is 0. The van der Waals surface area contributed by atoms with E-state index < -0.39 is 10.0 Å². The number of carbonyl (C=O) groups is 1. The summed E-state index contributed by atoms with van der Waals surface area (Å²) in [5.41, 5.74) is 2.96. The molecule has 0 aliphatic heterocycles. The van der Waals surface area contributed by atoms with Crippen LogP contribution in [0.2, 0.25) is 0 Å². The first kappa shape index (κ1) is 17.6. The van der Waals surface area contributed by atoms with Gasteiger partial charge in [0, 0.05) is 14.0 Å². The molecule has 1 N–H and O–H groups in total. The molecule has 0 bridgehead atoms. The van der Waals surface area contributed by atoms with Gasteiger partial charge in [0.1, 0.15) is 11.4 Å². The third-order valence-corrected chi connectivity index (χ3v) is 6.20. The minimum Gasteiger partial charge on any atom is -0.350 e. The molecule has 1 heterocycles. The predicted octanol–water partition coefficient (Wildman–Crippen LogP) is 1.32. The van der Waals surface area contributed by atoms with Crippen molar-refractivity contribution in [3.05, 3.63) is 40.7 Å². The van der Waals surface area contributed by atoms with E-state index in [1.54, 1.807) is 19.1 Å². The molecule has 0 saturated heterocycles. The van der Waals surface area contributed by atoms with Crippen LogP contribution in [0.5, 0.6) is 0 Å². The second kappa shape index (κ2) is 6.57. The van der Waals surface area contributed by atoms with Crippen molar-refractivity contribution in [2.75, 3.05) is 7.05 Å². The Bertz CT molecular complexity index is 907. The molecule has 0 saturated carbocycles. The van der Waals surface area contributed by atoms with E-state index in [2.05, 4.69) is 20.3 Å². The summed E-state index contributed by atoms with van der Waals surface area (Å²) in [5, 5.41) is 10.3. The third kappa shape index (κ3) is 3.42. The summed E-state index contributed by atoms with van der Waals surface area (Å²) in [5.74, 6) is -0.128. The average molecular weight is 364 g/mol. The summed E-state index contributed by atoms with van der Waals surface area (Å²) < 4.78 is 31.5. The number of benzene rings is 1. The lowest BCUT2D eigenvalue weighted by molar-refractivity contribution is -0.119. The minimum atomic E-state index is -3.69. The molecule has 1 atom stereocenters. The SMILES string of the molecule is CC(=O)NC1CCc2ccc(S(=O)(=O)N(C)Cc3nonc3C)cc21. The lowest BCUT2D eigenvalue weighted by Crippen LogP contribution is -2.27. The maximum absolute atomic E-state index is 12.9. The Morgan fingerprint density at radius 1 is 1.40 bits per heavy atom. The van der Waals surface area contributed by atoms with Crippen LogP contribution in [0.15, 0.2) is 27.7 Å². The number of rotatable bonds is 5. The summed E-state index contributed by atoms with van der Waals surface area (Å²) in [4.78, 5) is 11.5. The van der Waals surface area contributed by atoms with Gasteiger partial charge in [-0.25, -0.2) is 13.0 Å². The number of sulfonamides is 1. The first-order valence-corrected chi connectivity index (χ1v) is 9.37. The molecule has 0 radical (unpaired) electrons. The molecular weight excluding hydrogens is 344 g/mol. The highest BCUT2D eigenvalue weighted by atomic mass is 32.2. The Hall–Kier alpha value is -2.26. The number of nitrogens with one attached hydrogen (secondary N) is 1. The van der Waals surface area contributed by atoms with Gasteiger partial charge in [-0.1, -0.05) is 16.4 Å². The van der Waals surface area contributed by atoms with Gasteiger partial charge < -0.3 is 5.32 Å². The minimum absolute atomic E-state index is 0.0733. The maximum Gasteiger partial charge on any atom is 0.243 e. The van der Waals surface area contributed by atoms with Gasteiger partial charge in [0.2, 0.25) is 15.9 Å². The highest BCUT2D eigenvalue weighted by Crippen LogP contribution is 2.33. The standard InChI is InChI=1S/C16H20N4O4S/c1-10-16(19-24-18-10)9-20(3)25(22,23)13-6-4-12-5-7-15(14(12)8-13)17-11(2)21/h4,6,8,15H,5,7,9H2,1-3H3,(H,17,21). The summed E-state index contributed by atoms with van der Waals surface area (Å²) in [6.07, 6.45) is 1.60. The number of hydrogen-bond donors (Lipinski definition) is 1. The van der Waals surface area contributed by atoms with E-state index in [9.17, 15) is 13.2 Å². The molecule has 1 aliphatic carbocycles. The fourth-order valence-electron chi connectivity index (χ4n) is 3.00. The maximum atomic E-state index is 12.9. The van der Waals surface area contributed by atoms with Crippen LogP contribution in [0.1, 0.15) is 41.9 Å². The molecular formula is C16H20N4O4S. The predicted molar refractivity (Wildman–Crippen MR) is 89.0 cm³/mol. The van der Waals surface area contributed by atoms with Gasteiger partial charge in [-0.2, -0.15) is 4.31 Å². The number of aryl methyl sites for hydroxylation is 2. The van der Waals surface area contributed by atoms with Crippen LogP contribution >= 0.6 is 0 Å². The second-order valence-corrected chi connectivity index (χ2v) is 8.25. The van der Waals surface area contributed by atoms with Gasteiger partial charge in [0.15, 0.2) is 0 Å². The molecule has 25 heavy (non-hydrogen) atoms. The van der Waals surface area contributed by atoms with E-state index in [1.807, 2.05) is 6.07 Å². The molecule has 1 aromatic heterocycles. The fourth-order valence-corrected chi connectivity index (χ4v) is 4.17. The van der Waals surface area contributed by atoms with E-state index in [1.165, 1.54) is 18.3 Å². The van der Waals surface area contributed by atoms with Crippen LogP contribution in [0.3, 0.4) is 0 Å². The smallest absolute Gasteiger partial charge is 0.243 e. The quantitative estimate of drug-likeness (QED) is 0.858. The molecule has 134 valence electrons. The zero-order valence-corrected chi connectivity index (χ0v) is 15.1. The van der Waals surface area contributed by atoms with Gasteiger partial charge in [0.25, 0.3) is 0 Å². The van der Waals surface area contributed by atoms with E-state index >= 15 is 0 Å². The number of hydrogen-bond acceptors (Lipinski definition) is 6. The molecule has 0 fully saturated rings. The first-order valence-electron chi connectivity index (χ1n) is 7.93. The Labute approximate surface area is 146 Å². The Morgan fingerprint density at radius 2 is 2.16 bits per heavy atom. The van der Waals surface area contributed by atoms with Crippen LogP contribution in [0.25, 0.3) is 0 Å². The molecule has 1 aromatic carbocycles. The Balaban J connectivity index is 1.88. The number of aromatic nitrogens is 2. The monoisotopic (exact) mass is 364 g/mol. The van der Waals surface area contributed by atoms with Crippen molar-refractivity contribution < 1.29 is 17.8 Å². The topological polar surface area (TPSA) is 105 Å². The largest absolute Gasteiger partial charge is 0.350 e. The van der Waals surface area contributed by atoms with Gasteiger partial charge >= 0.3 is 0 Å². The number of amides is 1. The van der Waals surface area contributed by atoms with Crippen LogP contribution in [0, 0.1) is 6.92 Å². The van der Waals surface area contributed by atoms with Crippen molar-refractivity contribution in [3.63, 3.8) is 0 Å². The Morgan fingerprint density at radius 3 is 2.80 bits per heavy atom. The van der Waals surface area contributed by atoms with Gasteiger partial charge in [-0.05, 0) is 43.0 Å². The van der Waals surface area contributed by atoms with Gasteiger partial charge in [-0.3, -0.25) is 4.79 Å². The molecule has 0 spiro atoms. The Kier molecular flexibility index (Phi) is 4.61. The second-order valence-electron chi connectivity index (χ2n) is 6.21. The van der Waals surface area contributed by atoms with Gasteiger partial charge in [0.05, 0.1) is 17.5 Å². The van der Waals surface area contributed by atoms with E-state index in [0.29, 0.717) is 11.4 Å². The van der Waals surface area contributed by atoms with Crippen molar-refractivity contribution in [3.8, 4) is 0 Å². The van der Waals surface area contributed by atoms with Gasteiger partial charge in [-0.15, -0.1) is 0 Å². The van der Waals surface area contributed by atoms with E-state index in [0.717, 1.165) is 24.0 Å². The average Bonchev–Trinajstić information content (AvgIpc) is 3.13. The number of carbonyl (C=O) groups excluding carboxylic acids is 1. The van der Waals surface area contributed by atoms with Crippen LogP contribution in [-0.2, 0) is 27.8 Å².